The van der Waals surface area contributed by atoms with Crippen LogP contribution in [0, 0.1) is 5.92 Å². The maximum absolute atomic E-state index is 12.6. The van der Waals surface area contributed by atoms with Gasteiger partial charge in [-0.15, -0.1) is 0 Å². The molecule has 0 unspecified atom stereocenters. The molecule has 1 aliphatic carbocycles. The zero-order valence-electron chi connectivity index (χ0n) is 15.9. The quantitative estimate of drug-likeness (QED) is 0.650. The van der Waals surface area contributed by atoms with Crippen LogP contribution in [0.1, 0.15) is 25.7 Å². The third-order valence-electron chi connectivity index (χ3n) is 6.10. The molecular formula is C18H27N5O4S. The van der Waals surface area contributed by atoms with E-state index >= 15 is 0 Å². The van der Waals surface area contributed by atoms with Crippen LogP contribution in [0.3, 0.4) is 0 Å². The molecule has 3 heterocycles. The van der Waals surface area contributed by atoms with Gasteiger partial charge in [-0.3, -0.25) is 0 Å². The predicted molar refractivity (Wildman–Crippen MR) is 105 cm³/mol. The number of anilines is 1. The van der Waals surface area contributed by atoms with E-state index in [1.807, 2.05) is 19.3 Å². The van der Waals surface area contributed by atoms with Crippen LogP contribution in [0.5, 0.6) is 0 Å². The smallest absolute Gasteiger partial charge is 0.214 e. The van der Waals surface area contributed by atoms with E-state index in [4.69, 9.17) is 0 Å². The first-order valence-corrected chi connectivity index (χ1v) is 11.3. The van der Waals surface area contributed by atoms with Crippen molar-refractivity contribution in [2.75, 3.05) is 30.8 Å². The number of hydrogen-bond acceptors (Lipinski definition) is 7. The second kappa shape index (κ2) is 7.58. The fourth-order valence-electron chi connectivity index (χ4n) is 4.38. The summed E-state index contributed by atoms with van der Waals surface area (Å²) in [6.07, 6.45) is 4.89. The molecule has 1 saturated heterocycles. The van der Waals surface area contributed by atoms with E-state index in [-0.39, 0.29) is 24.8 Å². The summed E-state index contributed by atoms with van der Waals surface area (Å²) < 4.78 is 26.5. The first kappa shape index (κ1) is 19.6. The Kier molecular flexibility index (Phi) is 5.30. The Morgan fingerprint density at radius 3 is 2.54 bits per heavy atom. The minimum absolute atomic E-state index is 0.0119. The summed E-state index contributed by atoms with van der Waals surface area (Å²) in [6, 6.07) is 2.28. The molecule has 0 bridgehead atoms. The number of nitrogens with zero attached hydrogens (tertiary/aromatic N) is 4. The molecule has 2 aliphatic rings. The van der Waals surface area contributed by atoms with Crippen LogP contribution in [0.2, 0.25) is 0 Å². The highest BCUT2D eigenvalue weighted by Crippen LogP contribution is 2.32. The van der Waals surface area contributed by atoms with Crippen molar-refractivity contribution in [2.45, 2.75) is 43.9 Å². The number of aliphatic hydroxyl groups is 2. The van der Waals surface area contributed by atoms with Gasteiger partial charge in [-0.1, -0.05) is 0 Å². The van der Waals surface area contributed by atoms with Gasteiger partial charge in [0.2, 0.25) is 10.0 Å². The Balaban J connectivity index is 1.36. The average molecular weight is 410 g/mol. The minimum Gasteiger partial charge on any atom is -0.389 e. The second-order valence-corrected chi connectivity index (χ2v) is 9.97. The highest BCUT2D eigenvalue weighted by atomic mass is 32.2. The fourth-order valence-corrected chi connectivity index (χ4v) is 6.28. The van der Waals surface area contributed by atoms with Crippen molar-refractivity contribution in [3.05, 3.63) is 18.6 Å². The SMILES string of the molecule is CN(c1ncnc2[nH]ccc12)[C@H]1CC[C@H](CS(=O)(=O)N2C[C@H](O)[C@@H](O)C2)CC1. The van der Waals surface area contributed by atoms with Crippen LogP contribution in [0.4, 0.5) is 5.82 Å². The third-order valence-corrected chi connectivity index (χ3v) is 8.07. The number of fused-ring (bicyclic) bond motifs is 1. The molecular weight excluding hydrogens is 382 g/mol. The van der Waals surface area contributed by atoms with Crippen molar-refractivity contribution in [1.29, 1.82) is 0 Å². The molecule has 28 heavy (non-hydrogen) atoms. The first-order chi connectivity index (χ1) is 13.3. The summed E-state index contributed by atoms with van der Waals surface area (Å²) in [5.74, 6) is 1.07. The van der Waals surface area contributed by atoms with E-state index in [9.17, 15) is 18.6 Å². The van der Waals surface area contributed by atoms with Crippen molar-refractivity contribution >= 4 is 26.9 Å². The second-order valence-electron chi connectivity index (χ2n) is 7.95. The zero-order chi connectivity index (χ0) is 19.9. The highest BCUT2D eigenvalue weighted by molar-refractivity contribution is 7.89. The van der Waals surface area contributed by atoms with Crippen LogP contribution in [-0.4, -0.2) is 82.0 Å². The largest absolute Gasteiger partial charge is 0.389 e. The van der Waals surface area contributed by atoms with E-state index in [0.717, 1.165) is 42.5 Å². The third kappa shape index (κ3) is 3.73. The summed E-state index contributed by atoms with van der Waals surface area (Å²) in [4.78, 5) is 13.9. The molecule has 9 nitrogen and oxygen atoms in total. The molecule has 2 aromatic heterocycles. The maximum Gasteiger partial charge on any atom is 0.214 e. The molecule has 2 atom stereocenters. The molecule has 3 N–H and O–H groups in total. The lowest BCUT2D eigenvalue weighted by Crippen LogP contribution is -2.39. The van der Waals surface area contributed by atoms with Crippen molar-refractivity contribution in [1.82, 2.24) is 19.3 Å². The average Bonchev–Trinajstić information content (AvgIpc) is 3.28. The Hall–Kier alpha value is -1.75. The summed E-state index contributed by atoms with van der Waals surface area (Å²) >= 11 is 0. The van der Waals surface area contributed by atoms with Gasteiger partial charge >= 0.3 is 0 Å². The number of aromatic nitrogens is 3. The Labute approximate surface area is 164 Å². The van der Waals surface area contributed by atoms with Gasteiger partial charge in [0.25, 0.3) is 0 Å². The fraction of sp³-hybridized carbons (Fsp3) is 0.667. The highest BCUT2D eigenvalue weighted by Gasteiger charge is 2.38. The summed E-state index contributed by atoms with van der Waals surface area (Å²) in [5.41, 5.74) is 0.812. The lowest BCUT2D eigenvalue weighted by molar-refractivity contribution is 0.0572. The molecule has 0 amide bonds. The molecule has 0 spiro atoms. The molecule has 1 aliphatic heterocycles. The van der Waals surface area contributed by atoms with E-state index in [1.165, 1.54) is 4.31 Å². The van der Waals surface area contributed by atoms with Crippen LogP contribution < -0.4 is 4.90 Å². The molecule has 2 fully saturated rings. The summed E-state index contributed by atoms with van der Waals surface area (Å²) in [5, 5.41) is 20.2. The molecule has 0 aromatic carbocycles. The van der Waals surface area contributed by atoms with Gasteiger partial charge in [-0.05, 0) is 37.7 Å². The minimum atomic E-state index is -3.46. The van der Waals surface area contributed by atoms with E-state index in [1.54, 1.807) is 6.33 Å². The van der Waals surface area contributed by atoms with Crippen molar-refractivity contribution in [3.63, 3.8) is 0 Å². The summed E-state index contributed by atoms with van der Waals surface area (Å²) in [7, 11) is -1.43. The van der Waals surface area contributed by atoms with Crippen LogP contribution in [0.25, 0.3) is 11.0 Å². The van der Waals surface area contributed by atoms with Gasteiger partial charge in [0.05, 0.1) is 23.3 Å². The number of aromatic amines is 1. The van der Waals surface area contributed by atoms with Gasteiger partial charge in [-0.2, -0.15) is 4.31 Å². The van der Waals surface area contributed by atoms with Crippen LogP contribution in [0.15, 0.2) is 18.6 Å². The summed E-state index contributed by atoms with van der Waals surface area (Å²) in [6.45, 7) is -0.0239. The van der Waals surface area contributed by atoms with E-state index in [2.05, 4.69) is 19.9 Å². The Morgan fingerprint density at radius 1 is 1.18 bits per heavy atom. The number of sulfonamides is 1. The Morgan fingerprint density at radius 2 is 1.86 bits per heavy atom. The molecule has 1 saturated carbocycles. The molecule has 0 radical (unpaired) electrons. The lowest BCUT2D eigenvalue weighted by Gasteiger charge is -2.35. The van der Waals surface area contributed by atoms with Gasteiger partial charge in [0.1, 0.15) is 17.8 Å². The molecule has 4 rings (SSSR count). The van der Waals surface area contributed by atoms with Gasteiger partial charge < -0.3 is 20.1 Å². The van der Waals surface area contributed by atoms with Crippen molar-refractivity contribution < 1.29 is 18.6 Å². The topological polar surface area (TPSA) is 123 Å². The maximum atomic E-state index is 12.6. The van der Waals surface area contributed by atoms with Crippen LogP contribution >= 0.6 is 0 Å². The van der Waals surface area contributed by atoms with Gasteiger partial charge in [-0.25, -0.2) is 18.4 Å². The first-order valence-electron chi connectivity index (χ1n) is 9.70. The number of aliphatic hydroxyl groups excluding tert-OH is 2. The Bertz CT molecular complexity index is 915. The standard InChI is InChI=1S/C18H27N5O4S/c1-22(18-14-6-7-19-17(14)20-11-21-18)13-4-2-12(3-5-13)10-28(26,27)23-8-15(24)16(25)9-23/h6-7,11-13,15-16,24-25H,2-5,8-10H2,1H3,(H,19,20,21)/t12-,13-,15-,16-/m0/s1. The van der Waals surface area contributed by atoms with Crippen LogP contribution in [-0.2, 0) is 10.0 Å². The molecule has 154 valence electrons. The predicted octanol–water partition coefficient (Wildman–Crippen LogP) is 0.320. The normalized spacial score (nSPS) is 29.4. The lowest BCUT2D eigenvalue weighted by atomic mass is 9.86. The number of nitrogens with one attached hydrogen (secondary N) is 1. The van der Waals surface area contributed by atoms with Crippen molar-refractivity contribution in [2.24, 2.45) is 5.92 Å². The number of rotatable bonds is 5. The number of hydrogen-bond donors (Lipinski definition) is 3. The molecule has 10 heteroatoms. The van der Waals surface area contributed by atoms with Gasteiger partial charge in [0.15, 0.2) is 0 Å². The number of H-pyrrole nitrogens is 1. The van der Waals surface area contributed by atoms with E-state index in [0.29, 0.717) is 6.04 Å². The van der Waals surface area contributed by atoms with Gasteiger partial charge in [0, 0.05) is 32.4 Å². The number of β-amino-alcohol motifs (C(OH)–C–C–N with tert-alkyl or cyclic N) is 2. The molecule has 2 aromatic rings. The van der Waals surface area contributed by atoms with E-state index < -0.39 is 22.2 Å². The monoisotopic (exact) mass is 409 g/mol. The zero-order valence-corrected chi connectivity index (χ0v) is 16.7. The van der Waals surface area contributed by atoms with Crippen molar-refractivity contribution in [3.8, 4) is 0 Å².